The molecule has 2 saturated heterocycles. The van der Waals surface area contributed by atoms with E-state index in [9.17, 15) is 0 Å². The molecule has 2 aliphatic rings. The van der Waals surface area contributed by atoms with Crippen molar-refractivity contribution in [2.45, 2.75) is 31.7 Å². The maximum Gasteiger partial charge on any atom is 0.231 e. The van der Waals surface area contributed by atoms with E-state index in [1.807, 2.05) is 6.07 Å². The van der Waals surface area contributed by atoms with Crippen LogP contribution in [-0.2, 0) is 4.74 Å². The van der Waals surface area contributed by atoms with Gasteiger partial charge in [0, 0.05) is 44.1 Å². The Labute approximate surface area is 175 Å². The number of fused-ring (bicyclic) bond motifs is 1. The number of rotatable bonds is 6. The van der Waals surface area contributed by atoms with Crippen molar-refractivity contribution in [2.75, 3.05) is 48.9 Å². The highest BCUT2D eigenvalue weighted by Crippen LogP contribution is 2.33. The predicted molar refractivity (Wildman–Crippen MR) is 117 cm³/mol. The van der Waals surface area contributed by atoms with E-state index in [-0.39, 0.29) is 0 Å². The molecule has 0 radical (unpaired) electrons. The summed E-state index contributed by atoms with van der Waals surface area (Å²) in [7, 11) is 1.68. The molecule has 0 amide bonds. The van der Waals surface area contributed by atoms with Crippen LogP contribution in [0.2, 0.25) is 0 Å². The molecule has 9 heteroatoms. The van der Waals surface area contributed by atoms with Gasteiger partial charge in [-0.3, -0.25) is 0 Å². The fourth-order valence-corrected chi connectivity index (χ4v) is 4.10. The number of ether oxygens (including phenoxy) is 2. The number of nitrogens with zero attached hydrogens (tertiary/aromatic N) is 4. The average Bonchev–Trinajstić information content (AvgIpc) is 3.47. The third-order valence-electron chi connectivity index (χ3n) is 5.75. The quantitative estimate of drug-likeness (QED) is 0.570. The molecule has 5 rings (SSSR count). The summed E-state index contributed by atoms with van der Waals surface area (Å²) in [5.74, 6) is 2.00. The lowest BCUT2D eigenvalue weighted by Gasteiger charge is -2.24. The Morgan fingerprint density at radius 2 is 2.00 bits per heavy atom. The van der Waals surface area contributed by atoms with E-state index in [1.54, 1.807) is 13.4 Å². The molecule has 0 bridgehead atoms. The van der Waals surface area contributed by atoms with Crippen LogP contribution >= 0.6 is 0 Å². The van der Waals surface area contributed by atoms with Crippen LogP contribution in [0.5, 0.6) is 5.75 Å². The number of anilines is 4. The van der Waals surface area contributed by atoms with Gasteiger partial charge in [0.05, 0.1) is 19.1 Å². The van der Waals surface area contributed by atoms with Crippen molar-refractivity contribution in [2.24, 2.45) is 0 Å². The first kappa shape index (κ1) is 18.9. The molecule has 3 N–H and O–H groups in total. The third kappa shape index (κ3) is 3.85. The molecule has 2 aromatic heterocycles. The van der Waals surface area contributed by atoms with E-state index in [2.05, 4.69) is 42.6 Å². The largest absolute Gasteiger partial charge is 0.494 e. The van der Waals surface area contributed by atoms with Gasteiger partial charge >= 0.3 is 0 Å². The van der Waals surface area contributed by atoms with E-state index in [4.69, 9.17) is 14.5 Å². The standard InChI is InChI=1S/C21H27N7O2/c1-29-17-12-15(28-8-2-3-9-28)4-5-16(17)25-21-26-19-18(22-13-23-19)20(27-21)24-14-6-10-30-11-7-14/h4-5,12-14H,2-3,6-11H2,1H3,(H3,22,23,24,25,26,27). The Morgan fingerprint density at radius 3 is 2.80 bits per heavy atom. The van der Waals surface area contributed by atoms with Crippen LogP contribution in [0.15, 0.2) is 24.5 Å². The van der Waals surface area contributed by atoms with Crippen LogP contribution < -0.4 is 20.3 Å². The minimum absolute atomic E-state index is 0.322. The monoisotopic (exact) mass is 409 g/mol. The first-order chi connectivity index (χ1) is 14.8. The normalized spacial score (nSPS) is 17.4. The van der Waals surface area contributed by atoms with Gasteiger partial charge in [0.1, 0.15) is 11.3 Å². The third-order valence-corrected chi connectivity index (χ3v) is 5.75. The maximum atomic E-state index is 5.65. The van der Waals surface area contributed by atoms with Crippen molar-refractivity contribution < 1.29 is 9.47 Å². The summed E-state index contributed by atoms with van der Waals surface area (Å²) in [4.78, 5) is 19.2. The number of aromatic amines is 1. The molecule has 4 heterocycles. The Balaban J connectivity index is 1.42. The molecule has 0 unspecified atom stereocenters. The fourth-order valence-electron chi connectivity index (χ4n) is 4.10. The Hall–Kier alpha value is -3.07. The van der Waals surface area contributed by atoms with Gasteiger partial charge in [-0.25, -0.2) is 4.98 Å². The topological polar surface area (TPSA) is 100 Å². The minimum atomic E-state index is 0.322. The smallest absolute Gasteiger partial charge is 0.231 e. The van der Waals surface area contributed by atoms with E-state index in [0.717, 1.165) is 61.9 Å². The summed E-state index contributed by atoms with van der Waals surface area (Å²) in [5.41, 5.74) is 3.44. The molecule has 0 aliphatic carbocycles. The molecule has 1 aromatic carbocycles. The molecule has 0 atom stereocenters. The number of benzene rings is 1. The lowest BCUT2D eigenvalue weighted by Crippen LogP contribution is -2.28. The van der Waals surface area contributed by atoms with E-state index < -0.39 is 0 Å². The van der Waals surface area contributed by atoms with Gasteiger partial charge in [-0.1, -0.05) is 0 Å². The molecule has 2 fully saturated rings. The first-order valence-electron chi connectivity index (χ1n) is 10.6. The highest BCUT2D eigenvalue weighted by Gasteiger charge is 2.19. The Morgan fingerprint density at radius 1 is 1.17 bits per heavy atom. The highest BCUT2D eigenvalue weighted by molar-refractivity contribution is 5.84. The second-order valence-corrected chi connectivity index (χ2v) is 7.73. The predicted octanol–water partition coefficient (Wildman–Crippen LogP) is 3.30. The number of methoxy groups -OCH3 is 1. The van der Waals surface area contributed by atoms with Gasteiger partial charge in [-0.2, -0.15) is 9.97 Å². The average molecular weight is 409 g/mol. The number of imidazole rings is 1. The van der Waals surface area contributed by atoms with Gasteiger partial charge in [-0.05, 0) is 37.8 Å². The summed E-state index contributed by atoms with van der Waals surface area (Å²) in [6, 6.07) is 6.53. The second kappa shape index (κ2) is 8.35. The fraction of sp³-hybridized carbons (Fsp3) is 0.476. The van der Waals surface area contributed by atoms with E-state index in [0.29, 0.717) is 17.6 Å². The molecular formula is C21H27N7O2. The molecule has 2 aliphatic heterocycles. The van der Waals surface area contributed by atoms with Crippen LogP contribution in [0.1, 0.15) is 25.7 Å². The highest BCUT2D eigenvalue weighted by atomic mass is 16.5. The van der Waals surface area contributed by atoms with Crippen LogP contribution in [0.25, 0.3) is 11.2 Å². The van der Waals surface area contributed by atoms with Crippen LogP contribution in [0.4, 0.5) is 23.1 Å². The maximum absolute atomic E-state index is 5.65. The lowest BCUT2D eigenvalue weighted by atomic mass is 10.1. The molecule has 158 valence electrons. The van der Waals surface area contributed by atoms with Gasteiger partial charge < -0.3 is 30.0 Å². The zero-order valence-electron chi connectivity index (χ0n) is 17.1. The first-order valence-corrected chi connectivity index (χ1v) is 10.6. The van der Waals surface area contributed by atoms with Crippen molar-refractivity contribution in [1.29, 1.82) is 0 Å². The Bertz CT molecular complexity index is 1010. The summed E-state index contributed by atoms with van der Waals surface area (Å²) >= 11 is 0. The van der Waals surface area contributed by atoms with E-state index in [1.165, 1.54) is 18.5 Å². The number of H-pyrrole nitrogens is 1. The molecule has 0 saturated carbocycles. The summed E-state index contributed by atoms with van der Waals surface area (Å²) in [5, 5.41) is 6.85. The van der Waals surface area contributed by atoms with Crippen LogP contribution in [0.3, 0.4) is 0 Å². The van der Waals surface area contributed by atoms with Crippen molar-refractivity contribution in [3.63, 3.8) is 0 Å². The Kier molecular flexibility index (Phi) is 5.27. The van der Waals surface area contributed by atoms with Gasteiger partial charge in [0.15, 0.2) is 11.5 Å². The van der Waals surface area contributed by atoms with Gasteiger partial charge in [0.2, 0.25) is 5.95 Å². The van der Waals surface area contributed by atoms with Crippen molar-refractivity contribution >= 4 is 34.3 Å². The number of aromatic nitrogens is 4. The zero-order valence-corrected chi connectivity index (χ0v) is 17.1. The summed E-state index contributed by atoms with van der Waals surface area (Å²) in [6.45, 7) is 3.72. The molecule has 3 aromatic rings. The van der Waals surface area contributed by atoms with Crippen molar-refractivity contribution in [3.8, 4) is 5.75 Å². The van der Waals surface area contributed by atoms with E-state index >= 15 is 0 Å². The lowest BCUT2D eigenvalue weighted by molar-refractivity contribution is 0.0904. The molecule has 9 nitrogen and oxygen atoms in total. The van der Waals surface area contributed by atoms with Gasteiger partial charge in [0.25, 0.3) is 0 Å². The molecule has 30 heavy (non-hydrogen) atoms. The van der Waals surface area contributed by atoms with Crippen molar-refractivity contribution in [3.05, 3.63) is 24.5 Å². The summed E-state index contributed by atoms with van der Waals surface area (Å²) < 4.78 is 11.1. The van der Waals surface area contributed by atoms with Crippen LogP contribution in [-0.4, -0.2) is 59.4 Å². The number of hydrogen-bond acceptors (Lipinski definition) is 8. The SMILES string of the molecule is COc1cc(N2CCCC2)ccc1Nc1nc(NC2CCOCC2)c2[nH]cnc2n1. The minimum Gasteiger partial charge on any atom is -0.494 e. The molecular weight excluding hydrogens is 382 g/mol. The number of nitrogens with one attached hydrogen (secondary N) is 3. The molecule has 0 spiro atoms. The van der Waals surface area contributed by atoms with Crippen LogP contribution in [0, 0.1) is 0 Å². The summed E-state index contributed by atoms with van der Waals surface area (Å²) in [6.07, 6.45) is 6.03. The zero-order chi connectivity index (χ0) is 20.3. The second-order valence-electron chi connectivity index (χ2n) is 7.73. The number of hydrogen-bond donors (Lipinski definition) is 3. The van der Waals surface area contributed by atoms with Crippen molar-refractivity contribution in [1.82, 2.24) is 19.9 Å². The van der Waals surface area contributed by atoms with Gasteiger partial charge in [-0.15, -0.1) is 0 Å².